The Morgan fingerprint density at radius 3 is 2.65 bits per heavy atom. The summed E-state index contributed by atoms with van der Waals surface area (Å²) >= 11 is 1.70. The van der Waals surface area contributed by atoms with Gasteiger partial charge in [0.05, 0.1) is 10.2 Å². The summed E-state index contributed by atoms with van der Waals surface area (Å²) in [6.07, 6.45) is 18.0. The molecule has 8 atom stereocenters. The molecule has 1 aromatic heterocycles. The van der Waals surface area contributed by atoms with Crippen LogP contribution in [-0.2, 0) is 0 Å². The molecule has 0 N–H and O–H groups in total. The number of benzene rings is 1. The molecule has 202 valence electrons. The van der Waals surface area contributed by atoms with Crippen LogP contribution in [0.3, 0.4) is 0 Å². The second-order valence-corrected chi connectivity index (χ2v) is 15.2. The second kappa shape index (κ2) is 10.00. The van der Waals surface area contributed by atoms with Crippen LogP contribution in [0.25, 0.3) is 10.2 Å². The summed E-state index contributed by atoms with van der Waals surface area (Å²) < 4.78 is 7.74. The highest BCUT2D eigenvalue weighted by atomic mass is 32.1. The van der Waals surface area contributed by atoms with Gasteiger partial charge in [0.15, 0.2) is 0 Å². The molecule has 0 unspecified atom stereocenters. The van der Waals surface area contributed by atoms with Crippen molar-refractivity contribution in [2.45, 2.75) is 111 Å². The summed E-state index contributed by atoms with van der Waals surface area (Å²) in [4.78, 5) is 4.76. The van der Waals surface area contributed by atoms with Crippen LogP contribution in [0.15, 0.2) is 35.9 Å². The maximum Gasteiger partial charge on any atom is 0.274 e. The Bertz CT molecular complexity index is 1100. The molecule has 2 nitrogen and oxygen atoms in total. The van der Waals surface area contributed by atoms with E-state index in [2.05, 4.69) is 65.0 Å². The Hall–Kier alpha value is -1.35. The van der Waals surface area contributed by atoms with Crippen LogP contribution in [0.1, 0.15) is 105 Å². The standard InChI is InChI=1S/C34H49NOS/c1-22(2)9-8-10-23(3)27-15-16-28-26-14-13-24-21-25(36-32-35-30-11-6-7-12-31(30)37-32)17-19-33(24,4)29(26)18-20-34(27,28)5/h6-7,11-13,22-23,25-29H,8-10,14-21H2,1-5H3/t23-,25+,26+,27-,28+,29+,33+,34-/m1/s1. The van der Waals surface area contributed by atoms with Gasteiger partial charge in [-0.25, -0.2) is 4.98 Å². The fourth-order valence-corrected chi connectivity index (χ4v) is 10.7. The molecule has 4 aliphatic carbocycles. The van der Waals surface area contributed by atoms with Crippen LogP contribution >= 0.6 is 11.3 Å². The van der Waals surface area contributed by atoms with Gasteiger partial charge in [0, 0.05) is 6.42 Å². The highest BCUT2D eigenvalue weighted by molar-refractivity contribution is 7.20. The van der Waals surface area contributed by atoms with Crippen molar-refractivity contribution in [3.05, 3.63) is 35.9 Å². The molecule has 0 bridgehead atoms. The number of ether oxygens (including phenoxy) is 1. The Morgan fingerprint density at radius 1 is 1.00 bits per heavy atom. The summed E-state index contributed by atoms with van der Waals surface area (Å²) in [5.41, 5.74) is 3.75. The largest absolute Gasteiger partial charge is 0.466 e. The predicted molar refractivity (Wildman–Crippen MR) is 157 cm³/mol. The maximum atomic E-state index is 6.51. The lowest BCUT2D eigenvalue weighted by molar-refractivity contribution is -0.0559. The molecule has 0 saturated heterocycles. The van der Waals surface area contributed by atoms with E-state index in [1.807, 2.05) is 0 Å². The van der Waals surface area contributed by atoms with Crippen molar-refractivity contribution >= 4 is 21.6 Å². The fourth-order valence-electron chi connectivity index (χ4n) is 9.80. The van der Waals surface area contributed by atoms with Crippen molar-refractivity contribution in [1.82, 2.24) is 4.98 Å². The van der Waals surface area contributed by atoms with Gasteiger partial charge in [-0.1, -0.05) is 89.0 Å². The monoisotopic (exact) mass is 519 g/mol. The molecule has 0 spiro atoms. The number of fused-ring (bicyclic) bond motifs is 6. The molecule has 3 fully saturated rings. The highest BCUT2D eigenvalue weighted by Crippen LogP contribution is 2.67. The fraction of sp³-hybridized carbons (Fsp3) is 0.735. The highest BCUT2D eigenvalue weighted by Gasteiger charge is 2.59. The molecule has 2 aromatic rings. The average molecular weight is 520 g/mol. The summed E-state index contributed by atoms with van der Waals surface area (Å²) in [5.74, 6) is 5.41. The minimum Gasteiger partial charge on any atom is -0.466 e. The minimum absolute atomic E-state index is 0.285. The van der Waals surface area contributed by atoms with Gasteiger partial charge >= 0.3 is 0 Å². The molecule has 0 aliphatic heterocycles. The molecular weight excluding hydrogens is 470 g/mol. The lowest BCUT2D eigenvalue weighted by Gasteiger charge is -2.58. The van der Waals surface area contributed by atoms with Crippen molar-refractivity contribution in [3.63, 3.8) is 0 Å². The van der Waals surface area contributed by atoms with Crippen molar-refractivity contribution < 1.29 is 4.74 Å². The van der Waals surface area contributed by atoms with E-state index in [0.29, 0.717) is 10.8 Å². The van der Waals surface area contributed by atoms with Crippen LogP contribution in [0.4, 0.5) is 0 Å². The van der Waals surface area contributed by atoms with Gasteiger partial charge in [-0.3, -0.25) is 0 Å². The van der Waals surface area contributed by atoms with Crippen LogP contribution in [0, 0.1) is 46.3 Å². The van der Waals surface area contributed by atoms with Gasteiger partial charge in [-0.05, 0) is 103 Å². The number of nitrogens with zero attached hydrogens (tertiary/aromatic N) is 1. The molecule has 0 amide bonds. The van der Waals surface area contributed by atoms with E-state index in [0.717, 1.165) is 52.6 Å². The van der Waals surface area contributed by atoms with E-state index in [1.54, 1.807) is 16.9 Å². The lowest BCUT2D eigenvalue weighted by atomic mass is 9.47. The third-order valence-electron chi connectivity index (χ3n) is 11.8. The summed E-state index contributed by atoms with van der Waals surface area (Å²) in [5, 5.41) is 0.858. The SMILES string of the molecule is CC(C)CCC[C@@H](C)[C@H]1CC[C@H]2[C@@H]3CC=C4C[C@@H](Oc5nc6ccccc6s5)CC[C@]4(C)[C@H]3CC[C@]12C. The van der Waals surface area contributed by atoms with Crippen LogP contribution < -0.4 is 4.74 Å². The van der Waals surface area contributed by atoms with Crippen LogP contribution in [0.2, 0.25) is 0 Å². The lowest BCUT2D eigenvalue weighted by Crippen LogP contribution is -2.51. The van der Waals surface area contributed by atoms with Gasteiger partial charge in [-0.2, -0.15) is 0 Å². The van der Waals surface area contributed by atoms with Gasteiger partial charge in [0.2, 0.25) is 0 Å². The van der Waals surface area contributed by atoms with E-state index in [1.165, 1.54) is 68.9 Å². The molecule has 37 heavy (non-hydrogen) atoms. The number of hydrogen-bond acceptors (Lipinski definition) is 3. The summed E-state index contributed by atoms with van der Waals surface area (Å²) in [6.45, 7) is 12.7. The van der Waals surface area contributed by atoms with Crippen LogP contribution in [0.5, 0.6) is 5.19 Å². The Morgan fingerprint density at radius 2 is 1.84 bits per heavy atom. The Labute approximate surface area is 229 Å². The third kappa shape index (κ3) is 4.60. The maximum absolute atomic E-state index is 6.51. The van der Waals surface area contributed by atoms with Crippen molar-refractivity contribution in [3.8, 4) is 5.19 Å². The predicted octanol–water partition coefficient (Wildman–Crippen LogP) is 10.1. The molecule has 1 aromatic carbocycles. The van der Waals surface area contributed by atoms with E-state index in [9.17, 15) is 0 Å². The summed E-state index contributed by atoms with van der Waals surface area (Å²) in [7, 11) is 0. The van der Waals surface area contributed by atoms with Gasteiger partial charge in [0.25, 0.3) is 5.19 Å². The Kier molecular flexibility index (Phi) is 7.00. The van der Waals surface area contributed by atoms with Gasteiger partial charge in [0.1, 0.15) is 6.10 Å². The van der Waals surface area contributed by atoms with Crippen molar-refractivity contribution in [2.75, 3.05) is 0 Å². The quantitative estimate of drug-likeness (QED) is 0.339. The first kappa shape index (κ1) is 25.9. The topological polar surface area (TPSA) is 22.1 Å². The average Bonchev–Trinajstić information content (AvgIpc) is 3.44. The smallest absolute Gasteiger partial charge is 0.274 e. The van der Waals surface area contributed by atoms with Gasteiger partial charge in [-0.15, -0.1) is 0 Å². The zero-order valence-corrected chi connectivity index (χ0v) is 24.8. The van der Waals surface area contributed by atoms with Gasteiger partial charge < -0.3 is 4.74 Å². The zero-order chi connectivity index (χ0) is 25.8. The first-order valence-corrected chi connectivity index (χ1v) is 16.3. The minimum atomic E-state index is 0.285. The molecule has 3 saturated carbocycles. The number of thiazole rings is 1. The number of aromatic nitrogens is 1. The number of hydrogen-bond donors (Lipinski definition) is 0. The number of rotatable bonds is 7. The normalized spacial score (nSPS) is 38.1. The molecule has 4 aliphatic rings. The molecule has 6 rings (SSSR count). The van der Waals surface area contributed by atoms with E-state index in [-0.39, 0.29) is 6.10 Å². The number of para-hydroxylation sites is 1. The van der Waals surface area contributed by atoms with Crippen LogP contribution in [-0.4, -0.2) is 11.1 Å². The molecule has 0 radical (unpaired) electrons. The molecule has 1 heterocycles. The first-order valence-electron chi connectivity index (χ1n) is 15.5. The van der Waals surface area contributed by atoms with E-state index < -0.39 is 0 Å². The van der Waals surface area contributed by atoms with E-state index in [4.69, 9.17) is 9.72 Å². The second-order valence-electron chi connectivity index (χ2n) is 14.2. The van der Waals surface area contributed by atoms with E-state index >= 15 is 0 Å². The molecule has 3 heteroatoms. The first-order chi connectivity index (χ1) is 17.8. The molecular formula is C34H49NOS. The van der Waals surface area contributed by atoms with Crippen molar-refractivity contribution in [2.24, 2.45) is 46.3 Å². The number of allylic oxidation sites excluding steroid dienone is 1. The Balaban J connectivity index is 1.14. The third-order valence-corrected chi connectivity index (χ3v) is 12.7. The van der Waals surface area contributed by atoms with Crippen molar-refractivity contribution in [1.29, 1.82) is 0 Å². The summed E-state index contributed by atoms with van der Waals surface area (Å²) in [6, 6.07) is 8.40. The zero-order valence-electron chi connectivity index (χ0n) is 24.0.